The standard InChI is InChI=1S/C14H24N2O5/c1-3-4-11(12(17)18)9-15-14(20)16-7-5-10(6-8-16)13(19)21-2/h10-11H,3-9H2,1-2H3,(H,15,20)(H,17,18). The van der Waals surface area contributed by atoms with E-state index >= 15 is 0 Å². The molecule has 1 unspecified atom stereocenters. The van der Waals surface area contributed by atoms with Gasteiger partial charge in [-0.1, -0.05) is 13.3 Å². The number of rotatable bonds is 6. The minimum atomic E-state index is -0.887. The average molecular weight is 300 g/mol. The largest absolute Gasteiger partial charge is 0.481 e. The molecule has 1 fully saturated rings. The third kappa shape index (κ3) is 5.24. The van der Waals surface area contributed by atoms with E-state index in [-0.39, 0.29) is 24.5 Å². The lowest BCUT2D eigenvalue weighted by Crippen LogP contribution is -2.47. The van der Waals surface area contributed by atoms with E-state index in [0.29, 0.717) is 32.4 Å². The molecule has 2 N–H and O–H groups in total. The predicted octanol–water partition coefficient (Wildman–Crippen LogP) is 1.08. The normalized spacial score (nSPS) is 17.1. The van der Waals surface area contributed by atoms with Crippen molar-refractivity contribution in [3.63, 3.8) is 0 Å². The van der Waals surface area contributed by atoms with E-state index in [2.05, 4.69) is 5.32 Å². The summed E-state index contributed by atoms with van der Waals surface area (Å²) in [6.07, 6.45) is 2.46. The quantitative estimate of drug-likeness (QED) is 0.716. The summed E-state index contributed by atoms with van der Waals surface area (Å²) in [6.45, 7) is 3.02. The van der Waals surface area contributed by atoms with Gasteiger partial charge in [0.25, 0.3) is 0 Å². The Kier molecular flexibility index (Phi) is 6.98. The Balaban J connectivity index is 2.37. The van der Waals surface area contributed by atoms with Crippen LogP contribution >= 0.6 is 0 Å². The average Bonchev–Trinajstić information content (AvgIpc) is 2.50. The predicted molar refractivity (Wildman–Crippen MR) is 75.7 cm³/mol. The van der Waals surface area contributed by atoms with E-state index in [9.17, 15) is 14.4 Å². The number of hydrogen-bond donors (Lipinski definition) is 2. The molecule has 1 rings (SSSR count). The maximum atomic E-state index is 12.0. The van der Waals surface area contributed by atoms with Crippen molar-refractivity contribution < 1.29 is 24.2 Å². The van der Waals surface area contributed by atoms with Crippen LogP contribution in [0.15, 0.2) is 0 Å². The molecular weight excluding hydrogens is 276 g/mol. The van der Waals surface area contributed by atoms with Gasteiger partial charge in [-0.15, -0.1) is 0 Å². The minimum Gasteiger partial charge on any atom is -0.481 e. The van der Waals surface area contributed by atoms with Gasteiger partial charge >= 0.3 is 18.0 Å². The molecule has 1 aliphatic rings. The number of carboxylic acid groups (broad SMARTS) is 1. The van der Waals surface area contributed by atoms with Crippen LogP contribution in [0.2, 0.25) is 0 Å². The van der Waals surface area contributed by atoms with E-state index in [0.717, 1.165) is 6.42 Å². The lowest BCUT2D eigenvalue weighted by molar-refractivity contribution is -0.147. The Hall–Kier alpha value is -1.79. The van der Waals surface area contributed by atoms with Gasteiger partial charge < -0.3 is 20.1 Å². The summed E-state index contributed by atoms with van der Waals surface area (Å²) in [5, 5.41) is 11.7. The highest BCUT2D eigenvalue weighted by Gasteiger charge is 2.28. The molecule has 0 aromatic carbocycles. The van der Waals surface area contributed by atoms with Crippen LogP contribution in [-0.4, -0.2) is 54.7 Å². The number of carboxylic acids is 1. The smallest absolute Gasteiger partial charge is 0.317 e. The summed E-state index contributed by atoms with van der Waals surface area (Å²) < 4.78 is 4.69. The number of aliphatic carboxylic acids is 1. The molecule has 0 spiro atoms. The molecule has 7 heteroatoms. The van der Waals surface area contributed by atoms with Crippen LogP contribution in [0, 0.1) is 11.8 Å². The second-order valence-corrected chi connectivity index (χ2v) is 5.29. The van der Waals surface area contributed by atoms with Gasteiger partial charge in [0.15, 0.2) is 0 Å². The molecule has 0 aromatic heterocycles. The SMILES string of the molecule is CCCC(CNC(=O)N1CCC(C(=O)OC)CC1)C(=O)O. The fraction of sp³-hybridized carbons (Fsp3) is 0.786. The van der Waals surface area contributed by atoms with Crippen molar-refractivity contribution in [3.05, 3.63) is 0 Å². The highest BCUT2D eigenvalue weighted by Crippen LogP contribution is 2.18. The number of nitrogens with one attached hydrogen (secondary N) is 1. The molecule has 1 atom stereocenters. The number of likely N-dealkylation sites (tertiary alicyclic amines) is 1. The third-order valence-electron chi connectivity index (χ3n) is 3.80. The number of hydrogen-bond acceptors (Lipinski definition) is 4. The van der Waals surface area contributed by atoms with Gasteiger partial charge in [0, 0.05) is 19.6 Å². The molecule has 1 heterocycles. The third-order valence-corrected chi connectivity index (χ3v) is 3.80. The lowest BCUT2D eigenvalue weighted by atomic mass is 9.97. The molecular formula is C14H24N2O5. The number of methoxy groups -OCH3 is 1. The van der Waals surface area contributed by atoms with Crippen LogP contribution in [0.5, 0.6) is 0 Å². The highest BCUT2D eigenvalue weighted by molar-refractivity contribution is 5.77. The molecule has 0 radical (unpaired) electrons. The molecule has 2 amide bonds. The minimum absolute atomic E-state index is 0.138. The van der Waals surface area contributed by atoms with Gasteiger partial charge in [-0.05, 0) is 19.3 Å². The monoisotopic (exact) mass is 300 g/mol. The van der Waals surface area contributed by atoms with Crippen molar-refractivity contribution in [1.82, 2.24) is 10.2 Å². The maximum absolute atomic E-state index is 12.0. The molecule has 120 valence electrons. The van der Waals surface area contributed by atoms with Gasteiger partial charge in [0.05, 0.1) is 18.9 Å². The molecule has 0 aliphatic carbocycles. The van der Waals surface area contributed by atoms with Crippen LogP contribution in [0.4, 0.5) is 4.79 Å². The van der Waals surface area contributed by atoms with Crippen molar-refractivity contribution in [3.8, 4) is 0 Å². The van der Waals surface area contributed by atoms with Gasteiger partial charge in [0.2, 0.25) is 0 Å². The molecule has 0 bridgehead atoms. The van der Waals surface area contributed by atoms with Gasteiger partial charge in [0.1, 0.15) is 0 Å². The molecule has 0 aromatic rings. The van der Waals surface area contributed by atoms with Crippen LogP contribution in [-0.2, 0) is 14.3 Å². The lowest BCUT2D eigenvalue weighted by Gasteiger charge is -2.31. The van der Waals surface area contributed by atoms with E-state index in [1.54, 1.807) is 4.90 Å². The van der Waals surface area contributed by atoms with E-state index in [4.69, 9.17) is 9.84 Å². The van der Waals surface area contributed by atoms with Gasteiger partial charge in [-0.2, -0.15) is 0 Å². The first kappa shape index (κ1) is 17.3. The molecule has 21 heavy (non-hydrogen) atoms. The second-order valence-electron chi connectivity index (χ2n) is 5.29. The molecule has 0 saturated carbocycles. The number of urea groups is 1. The zero-order chi connectivity index (χ0) is 15.8. The summed E-state index contributed by atoms with van der Waals surface area (Å²) >= 11 is 0. The van der Waals surface area contributed by atoms with Crippen LogP contribution < -0.4 is 5.32 Å². The van der Waals surface area contributed by atoms with Crippen LogP contribution in [0.3, 0.4) is 0 Å². The number of piperidine rings is 1. The fourth-order valence-corrected chi connectivity index (χ4v) is 2.47. The molecule has 1 saturated heterocycles. The summed E-state index contributed by atoms with van der Waals surface area (Å²) in [5.41, 5.74) is 0. The zero-order valence-corrected chi connectivity index (χ0v) is 12.6. The summed E-state index contributed by atoms with van der Waals surface area (Å²) in [7, 11) is 1.36. The van der Waals surface area contributed by atoms with Crippen molar-refractivity contribution in [1.29, 1.82) is 0 Å². The Morgan fingerprint density at radius 1 is 1.33 bits per heavy atom. The van der Waals surface area contributed by atoms with Crippen molar-refractivity contribution >= 4 is 18.0 Å². The zero-order valence-electron chi connectivity index (χ0n) is 12.6. The number of amides is 2. The summed E-state index contributed by atoms with van der Waals surface area (Å²) in [5.74, 6) is -1.82. The number of ether oxygens (including phenoxy) is 1. The van der Waals surface area contributed by atoms with Crippen LogP contribution in [0.1, 0.15) is 32.6 Å². The topological polar surface area (TPSA) is 95.9 Å². The van der Waals surface area contributed by atoms with Gasteiger partial charge in [-0.25, -0.2) is 4.79 Å². The number of carbonyl (C=O) groups is 3. The van der Waals surface area contributed by atoms with Gasteiger partial charge in [-0.3, -0.25) is 9.59 Å². The van der Waals surface area contributed by atoms with Crippen molar-refractivity contribution in [2.75, 3.05) is 26.7 Å². The summed E-state index contributed by atoms with van der Waals surface area (Å²) in [4.78, 5) is 36.0. The molecule has 7 nitrogen and oxygen atoms in total. The first-order valence-electron chi connectivity index (χ1n) is 7.33. The van der Waals surface area contributed by atoms with E-state index in [1.165, 1.54) is 7.11 Å². The van der Waals surface area contributed by atoms with Crippen LogP contribution in [0.25, 0.3) is 0 Å². The Morgan fingerprint density at radius 2 is 1.95 bits per heavy atom. The number of nitrogens with zero attached hydrogens (tertiary/aromatic N) is 1. The maximum Gasteiger partial charge on any atom is 0.317 e. The van der Waals surface area contributed by atoms with E-state index < -0.39 is 11.9 Å². The van der Waals surface area contributed by atoms with Crippen molar-refractivity contribution in [2.45, 2.75) is 32.6 Å². The number of carbonyl (C=O) groups excluding carboxylic acids is 2. The second kappa shape index (κ2) is 8.49. The Bertz CT molecular complexity index is 378. The van der Waals surface area contributed by atoms with E-state index in [1.807, 2.05) is 6.92 Å². The molecule has 1 aliphatic heterocycles. The first-order chi connectivity index (χ1) is 9.99. The summed E-state index contributed by atoms with van der Waals surface area (Å²) in [6, 6.07) is -0.263. The Labute approximate surface area is 124 Å². The Morgan fingerprint density at radius 3 is 2.43 bits per heavy atom. The first-order valence-corrected chi connectivity index (χ1v) is 7.33. The van der Waals surface area contributed by atoms with Crippen molar-refractivity contribution in [2.24, 2.45) is 11.8 Å². The number of esters is 1. The highest BCUT2D eigenvalue weighted by atomic mass is 16.5. The fourth-order valence-electron chi connectivity index (χ4n) is 2.47.